The van der Waals surface area contributed by atoms with Crippen molar-refractivity contribution in [3.05, 3.63) is 0 Å². The van der Waals surface area contributed by atoms with Gasteiger partial charge in [-0.15, -0.1) is 0 Å². The zero-order valence-corrected chi connectivity index (χ0v) is 12.9. The van der Waals surface area contributed by atoms with Crippen molar-refractivity contribution >= 4 is 5.97 Å². The van der Waals surface area contributed by atoms with Gasteiger partial charge in [-0.2, -0.15) is 0 Å². The van der Waals surface area contributed by atoms with E-state index in [1.54, 1.807) is 0 Å². The van der Waals surface area contributed by atoms with Crippen LogP contribution in [-0.2, 0) is 9.53 Å². The van der Waals surface area contributed by atoms with Crippen molar-refractivity contribution in [3.8, 4) is 0 Å². The SMILES string of the molecule is CCCC(C(=O)OCC)C1(O)CCCC(C(C)C)C1. The van der Waals surface area contributed by atoms with Gasteiger partial charge in [0.1, 0.15) is 0 Å². The third-order valence-corrected chi connectivity index (χ3v) is 4.54. The van der Waals surface area contributed by atoms with E-state index in [1.165, 1.54) is 6.42 Å². The Kier molecular flexibility index (Phi) is 6.31. The Morgan fingerprint density at radius 3 is 2.63 bits per heavy atom. The number of ether oxygens (including phenoxy) is 1. The van der Waals surface area contributed by atoms with Gasteiger partial charge < -0.3 is 9.84 Å². The van der Waals surface area contributed by atoms with Crippen LogP contribution in [0.1, 0.15) is 66.2 Å². The Balaban J connectivity index is 2.82. The monoisotopic (exact) mass is 270 g/mol. The minimum Gasteiger partial charge on any atom is -0.466 e. The van der Waals surface area contributed by atoms with E-state index in [-0.39, 0.29) is 11.9 Å². The van der Waals surface area contributed by atoms with E-state index >= 15 is 0 Å². The second-order valence-corrected chi connectivity index (χ2v) is 6.30. The van der Waals surface area contributed by atoms with Gasteiger partial charge in [-0.3, -0.25) is 4.79 Å². The lowest BCUT2D eigenvalue weighted by atomic mass is 9.67. The lowest BCUT2D eigenvalue weighted by Crippen LogP contribution is -2.47. The average Bonchev–Trinajstić information content (AvgIpc) is 2.36. The molecule has 0 aliphatic heterocycles. The van der Waals surface area contributed by atoms with E-state index in [0.717, 1.165) is 32.1 Å². The first-order valence-electron chi connectivity index (χ1n) is 7.83. The van der Waals surface area contributed by atoms with Crippen molar-refractivity contribution < 1.29 is 14.6 Å². The third-order valence-electron chi connectivity index (χ3n) is 4.54. The molecule has 0 radical (unpaired) electrons. The molecule has 1 N–H and O–H groups in total. The molecule has 1 aliphatic carbocycles. The number of carbonyl (C=O) groups is 1. The molecular weight excluding hydrogens is 240 g/mol. The van der Waals surface area contributed by atoms with Crippen molar-refractivity contribution in [3.63, 3.8) is 0 Å². The van der Waals surface area contributed by atoms with E-state index in [1.807, 2.05) is 6.92 Å². The molecule has 3 atom stereocenters. The van der Waals surface area contributed by atoms with E-state index in [9.17, 15) is 9.90 Å². The minimum absolute atomic E-state index is 0.212. The first kappa shape index (κ1) is 16.5. The topological polar surface area (TPSA) is 46.5 Å². The van der Waals surface area contributed by atoms with Crippen molar-refractivity contribution in [2.45, 2.75) is 71.8 Å². The van der Waals surface area contributed by atoms with Crippen LogP contribution in [0.25, 0.3) is 0 Å². The molecule has 3 heteroatoms. The average molecular weight is 270 g/mol. The van der Waals surface area contributed by atoms with Crippen LogP contribution in [0, 0.1) is 17.8 Å². The Labute approximate surface area is 117 Å². The second kappa shape index (κ2) is 7.28. The predicted molar refractivity (Wildman–Crippen MR) is 76.8 cm³/mol. The van der Waals surface area contributed by atoms with Crippen molar-refractivity contribution in [1.29, 1.82) is 0 Å². The van der Waals surface area contributed by atoms with Gasteiger partial charge >= 0.3 is 5.97 Å². The fourth-order valence-electron chi connectivity index (χ4n) is 3.35. The molecule has 112 valence electrons. The molecule has 0 aromatic rings. The zero-order valence-electron chi connectivity index (χ0n) is 12.9. The maximum absolute atomic E-state index is 12.1. The van der Waals surface area contributed by atoms with Crippen molar-refractivity contribution in [2.75, 3.05) is 6.61 Å². The van der Waals surface area contributed by atoms with Gasteiger partial charge in [-0.1, -0.05) is 33.6 Å². The molecule has 0 aromatic carbocycles. The normalized spacial score (nSPS) is 29.3. The van der Waals surface area contributed by atoms with Gasteiger partial charge in [-0.05, 0) is 44.4 Å². The van der Waals surface area contributed by atoms with Gasteiger partial charge in [0.05, 0.1) is 18.1 Å². The predicted octanol–water partition coefficient (Wildman–Crippen LogP) is 3.54. The van der Waals surface area contributed by atoms with E-state index < -0.39 is 5.60 Å². The number of carbonyl (C=O) groups excluding carboxylic acids is 1. The zero-order chi connectivity index (χ0) is 14.5. The number of aliphatic hydroxyl groups is 1. The standard InChI is InChI=1S/C16H30O3/c1-5-8-14(15(17)19-6-2)16(18)10-7-9-13(11-16)12(3)4/h12-14,18H,5-11H2,1-4H3. The highest BCUT2D eigenvalue weighted by Crippen LogP contribution is 2.42. The summed E-state index contributed by atoms with van der Waals surface area (Å²) in [6.07, 6.45) is 5.28. The molecule has 1 saturated carbocycles. The second-order valence-electron chi connectivity index (χ2n) is 6.30. The van der Waals surface area contributed by atoms with Gasteiger partial charge in [0.2, 0.25) is 0 Å². The lowest BCUT2D eigenvalue weighted by molar-refractivity contribution is -0.163. The summed E-state index contributed by atoms with van der Waals surface area (Å²) in [5.41, 5.74) is -0.852. The molecule has 0 aromatic heterocycles. The Morgan fingerprint density at radius 2 is 2.11 bits per heavy atom. The summed E-state index contributed by atoms with van der Waals surface area (Å²) in [6, 6.07) is 0. The maximum atomic E-state index is 12.1. The highest BCUT2D eigenvalue weighted by Gasteiger charge is 2.45. The van der Waals surface area contributed by atoms with Crippen LogP contribution in [0.15, 0.2) is 0 Å². The molecule has 0 spiro atoms. The highest BCUT2D eigenvalue weighted by molar-refractivity contribution is 5.73. The lowest BCUT2D eigenvalue weighted by Gasteiger charge is -2.42. The molecule has 3 nitrogen and oxygen atoms in total. The maximum Gasteiger partial charge on any atom is 0.311 e. The Bertz CT molecular complexity index is 288. The summed E-state index contributed by atoms with van der Waals surface area (Å²) in [7, 11) is 0. The van der Waals surface area contributed by atoms with Gasteiger partial charge in [-0.25, -0.2) is 0 Å². The Hall–Kier alpha value is -0.570. The first-order valence-corrected chi connectivity index (χ1v) is 7.83. The summed E-state index contributed by atoms with van der Waals surface area (Å²) < 4.78 is 5.17. The van der Waals surface area contributed by atoms with Crippen LogP contribution in [-0.4, -0.2) is 23.3 Å². The summed E-state index contributed by atoms with van der Waals surface area (Å²) >= 11 is 0. The number of rotatable bonds is 6. The fourth-order valence-corrected chi connectivity index (χ4v) is 3.35. The van der Waals surface area contributed by atoms with E-state index in [4.69, 9.17) is 4.74 Å². The van der Waals surface area contributed by atoms with E-state index in [0.29, 0.717) is 18.4 Å². The van der Waals surface area contributed by atoms with Crippen LogP contribution in [0.2, 0.25) is 0 Å². The summed E-state index contributed by atoms with van der Waals surface area (Å²) in [5.74, 6) is 0.527. The van der Waals surface area contributed by atoms with E-state index in [2.05, 4.69) is 20.8 Å². The van der Waals surface area contributed by atoms with Crippen molar-refractivity contribution in [1.82, 2.24) is 0 Å². The third kappa shape index (κ3) is 4.20. The molecule has 1 rings (SSSR count). The van der Waals surface area contributed by atoms with Crippen LogP contribution in [0.4, 0.5) is 0 Å². The first-order chi connectivity index (χ1) is 8.94. The van der Waals surface area contributed by atoms with Crippen LogP contribution in [0.3, 0.4) is 0 Å². The minimum atomic E-state index is -0.852. The quantitative estimate of drug-likeness (QED) is 0.751. The molecule has 19 heavy (non-hydrogen) atoms. The number of esters is 1. The molecule has 0 bridgehead atoms. The Morgan fingerprint density at radius 1 is 1.42 bits per heavy atom. The summed E-state index contributed by atoms with van der Waals surface area (Å²) in [4.78, 5) is 12.1. The van der Waals surface area contributed by atoms with Gasteiger partial charge in [0.15, 0.2) is 0 Å². The van der Waals surface area contributed by atoms with Crippen LogP contribution in [0.5, 0.6) is 0 Å². The van der Waals surface area contributed by atoms with Gasteiger partial charge in [0.25, 0.3) is 0 Å². The smallest absolute Gasteiger partial charge is 0.311 e. The molecule has 0 amide bonds. The number of hydrogen-bond acceptors (Lipinski definition) is 3. The fraction of sp³-hybridized carbons (Fsp3) is 0.938. The highest BCUT2D eigenvalue weighted by atomic mass is 16.5. The van der Waals surface area contributed by atoms with Crippen LogP contribution >= 0.6 is 0 Å². The molecule has 1 aliphatic rings. The molecular formula is C16H30O3. The molecule has 3 unspecified atom stereocenters. The van der Waals surface area contributed by atoms with Crippen LogP contribution < -0.4 is 0 Å². The summed E-state index contributed by atoms with van der Waals surface area (Å²) in [5, 5.41) is 11.0. The van der Waals surface area contributed by atoms with Gasteiger partial charge in [0, 0.05) is 0 Å². The largest absolute Gasteiger partial charge is 0.466 e. The molecule has 0 heterocycles. The number of hydrogen-bond donors (Lipinski definition) is 1. The molecule has 0 saturated heterocycles. The molecule has 1 fully saturated rings. The van der Waals surface area contributed by atoms with Crippen molar-refractivity contribution in [2.24, 2.45) is 17.8 Å². The summed E-state index contributed by atoms with van der Waals surface area (Å²) in [6.45, 7) is 8.68.